The number of aromatic nitrogens is 4. The first kappa shape index (κ1) is 16.1. The Labute approximate surface area is 141 Å². The molecule has 5 nitrogen and oxygen atoms in total. The van der Waals surface area contributed by atoms with Crippen molar-refractivity contribution in [3.8, 4) is 11.4 Å². The normalized spacial score (nSPS) is 10.8. The Morgan fingerprint density at radius 3 is 2.42 bits per heavy atom. The SMILES string of the molecule is CCCc1ccc(C(=O)Cn2nnc(-c3ccc(C)cc3)n2)cc1. The molecule has 3 rings (SSSR count). The zero-order chi connectivity index (χ0) is 16.9. The van der Waals surface area contributed by atoms with Crippen LogP contribution >= 0.6 is 0 Å². The highest BCUT2D eigenvalue weighted by Gasteiger charge is 2.11. The Morgan fingerprint density at radius 2 is 1.75 bits per heavy atom. The first-order chi connectivity index (χ1) is 11.7. The summed E-state index contributed by atoms with van der Waals surface area (Å²) in [4.78, 5) is 13.7. The third-order valence-corrected chi connectivity index (χ3v) is 3.86. The minimum atomic E-state index is -0.0223. The van der Waals surface area contributed by atoms with Gasteiger partial charge in [-0.2, -0.15) is 4.80 Å². The van der Waals surface area contributed by atoms with Gasteiger partial charge in [0.25, 0.3) is 0 Å². The largest absolute Gasteiger partial charge is 0.292 e. The summed E-state index contributed by atoms with van der Waals surface area (Å²) >= 11 is 0. The lowest BCUT2D eigenvalue weighted by Crippen LogP contribution is -2.13. The van der Waals surface area contributed by atoms with Crippen LogP contribution in [0.3, 0.4) is 0 Å². The third-order valence-electron chi connectivity index (χ3n) is 3.86. The number of aryl methyl sites for hydroxylation is 2. The average Bonchev–Trinajstić information content (AvgIpc) is 3.05. The number of carbonyl (C=O) groups excluding carboxylic acids is 1. The molecule has 0 N–H and O–H groups in total. The second-order valence-corrected chi connectivity index (χ2v) is 5.88. The molecule has 1 heterocycles. The molecule has 5 heteroatoms. The summed E-state index contributed by atoms with van der Waals surface area (Å²) in [5, 5.41) is 12.3. The quantitative estimate of drug-likeness (QED) is 0.652. The fraction of sp³-hybridized carbons (Fsp3) is 0.263. The molecule has 24 heavy (non-hydrogen) atoms. The number of ketones is 1. The molecule has 3 aromatic rings. The standard InChI is InChI=1S/C19H20N4O/c1-3-4-15-7-11-16(12-8-15)18(24)13-23-21-19(20-22-23)17-9-5-14(2)6-10-17/h5-12H,3-4,13H2,1-2H3. The molecule has 0 fully saturated rings. The van der Waals surface area contributed by atoms with Gasteiger partial charge >= 0.3 is 0 Å². The van der Waals surface area contributed by atoms with Crippen LogP contribution in [0, 0.1) is 6.92 Å². The van der Waals surface area contributed by atoms with E-state index >= 15 is 0 Å². The van der Waals surface area contributed by atoms with Gasteiger partial charge in [-0.15, -0.1) is 10.2 Å². The van der Waals surface area contributed by atoms with E-state index in [1.165, 1.54) is 15.9 Å². The van der Waals surface area contributed by atoms with Crippen molar-refractivity contribution in [2.75, 3.05) is 0 Å². The van der Waals surface area contributed by atoms with Gasteiger partial charge in [0.05, 0.1) is 0 Å². The Bertz CT molecular complexity index is 819. The Hall–Kier alpha value is -2.82. The zero-order valence-electron chi connectivity index (χ0n) is 13.9. The Balaban J connectivity index is 1.69. The summed E-state index contributed by atoms with van der Waals surface area (Å²) in [6, 6.07) is 15.6. The summed E-state index contributed by atoms with van der Waals surface area (Å²) in [5.74, 6) is 0.506. The lowest BCUT2D eigenvalue weighted by atomic mass is 10.1. The summed E-state index contributed by atoms with van der Waals surface area (Å²) in [7, 11) is 0. The number of hydrogen-bond donors (Lipinski definition) is 0. The lowest BCUT2D eigenvalue weighted by Gasteiger charge is -2.02. The molecule has 0 atom stereocenters. The van der Waals surface area contributed by atoms with Crippen LogP contribution in [0.2, 0.25) is 0 Å². The average molecular weight is 320 g/mol. The number of nitrogens with zero attached hydrogens (tertiary/aromatic N) is 4. The van der Waals surface area contributed by atoms with Crippen LogP contribution in [0.4, 0.5) is 0 Å². The number of rotatable bonds is 6. The van der Waals surface area contributed by atoms with E-state index in [0.717, 1.165) is 18.4 Å². The van der Waals surface area contributed by atoms with E-state index in [0.29, 0.717) is 11.4 Å². The van der Waals surface area contributed by atoms with Crippen molar-refractivity contribution < 1.29 is 4.79 Å². The molecule has 2 aromatic carbocycles. The van der Waals surface area contributed by atoms with Crippen molar-refractivity contribution in [2.45, 2.75) is 33.2 Å². The van der Waals surface area contributed by atoms with Gasteiger partial charge in [-0.3, -0.25) is 4.79 Å². The number of tetrazole rings is 1. The highest BCUT2D eigenvalue weighted by atomic mass is 16.1. The highest BCUT2D eigenvalue weighted by molar-refractivity contribution is 5.95. The van der Waals surface area contributed by atoms with Crippen molar-refractivity contribution in [3.05, 3.63) is 65.2 Å². The van der Waals surface area contributed by atoms with E-state index in [1.807, 2.05) is 55.5 Å². The van der Waals surface area contributed by atoms with Crippen LogP contribution in [0.1, 0.15) is 34.8 Å². The van der Waals surface area contributed by atoms with Gasteiger partial charge in [-0.05, 0) is 24.1 Å². The number of hydrogen-bond acceptors (Lipinski definition) is 4. The molecule has 0 amide bonds. The maximum atomic E-state index is 12.3. The highest BCUT2D eigenvalue weighted by Crippen LogP contribution is 2.14. The molecule has 0 aliphatic rings. The monoisotopic (exact) mass is 320 g/mol. The lowest BCUT2D eigenvalue weighted by molar-refractivity contribution is 0.0961. The van der Waals surface area contributed by atoms with Crippen LogP contribution in [-0.4, -0.2) is 26.0 Å². The van der Waals surface area contributed by atoms with Crippen LogP contribution in [0.25, 0.3) is 11.4 Å². The van der Waals surface area contributed by atoms with E-state index in [1.54, 1.807) is 0 Å². The summed E-state index contributed by atoms with van der Waals surface area (Å²) in [6.45, 7) is 4.26. The third kappa shape index (κ3) is 3.74. The Kier molecular flexibility index (Phi) is 4.79. The van der Waals surface area contributed by atoms with E-state index in [4.69, 9.17) is 0 Å². The molecule has 0 saturated heterocycles. The molecule has 0 unspecified atom stereocenters. The maximum absolute atomic E-state index is 12.3. The predicted molar refractivity (Wildman–Crippen MR) is 92.8 cm³/mol. The molecule has 122 valence electrons. The smallest absolute Gasteiger partial charge is 0.204 e. The van der Waals surface area contributed by atoms with Crippen LogP contribution < -0.4 is 0 Å². The minimum Gasteiger partial charge on any atom is -0.292 e. The van der Waals surface area contributed by atoms with E-state index in [9.17, 15) is 4.79 Å². The van der Waals surface area contributed by atoms with Crippen molar-refractivity contribution in [1.29, 1.82) is 0 Å². The predicted octanol–water partition coefficient (Wildman–Crippen LogP) is 3.48. The molecule has 0 spiro atoms. The van der Waals surface area contributed by atoms with E-state index in [-0.39, 0.29) is 12.3 Å². The van der Waals surface area contributed by atoms with Crippen LogP contribution in [0.15, 0.2) is 48.5 Å². The first-order valence-electron chi connectivity index (χ1n) is 8.12. The van der Waals surface area contributed by atoms with Gasteiger partial charge < -0.3 is 0 Å². The van der Waals surface area contributed by atoms with Crippen molar-refractivity contribution in [1.82, 2.24) is 20.2 Å². The first-order valence-corrected chi connectivity index (χ1v) is 8.12. The fourth-order valence-electron chi connectivity index (χ4n) is 2.49. The van der Waals surface area contributed by atoms with Crippen molar-refractivity contribution in [2.24, 2.45) is 0 Å². The second kappa shape index (κ2) is 7.17. The number of carbonyl (C=O) groups is 1. The molecule has 0 aliphatic heterocycles. The summed E-state index contributed by atoms with van der Waals surface area (Å²) in [6.07, 6.45) is 2.12. The van der Waals surface area contributed by atoms with Crippen LogP contribution in [-0.2, 0) is 13.0 Å². The van der Waals surface area contributed by atoms with Gasteiger partial charge in [-0.1, -0.05) is 67.4 Å². The molecule has 0 saturated carbocycles. The number of benzene rings is 2. The maximum Gasteiger partial charge on any atom is 0.204 e. The van der Waals surface area contributed by atoms with E-state index < -0.39 is 0 Å². The van der Waals surface area contributed by atoms with Gasteiger partial charge in [0.2, 0.25) is 5.82 Å². The van der Waals surface area contributed by atoms with Gasteiger partial charge in [0.15, 0.2) is 5.78 Å². The van der Waals surface area contributed by atoms with Crippen molar-refractivity contribution >= 4 is 5.78 Å². The number of Topliss-reactive ketones (excluding diaryl/α,β-unsaturated/α-hetero) is 1. The summed E-state index contributed by atoms with van der Waals surface area (Å²) in [5.41, 5.74) is 3.98. The van der Waals surface area contributed by atoms with Gasteiger partial charge in [-0.25, -0.2) is 0 Å². The second-order valence-electron chi connectivity index (χ2n) is 5.88. The van der Waals surface area contributed by atoms with Gasteiger partial charge in [0.1, 0.15) is 6.54 Å². The topological polar surface area (TPSA) is 60.7 Å². The zero-order valence-corrected chi connectivity index (χ0v) is 13.9. The molecule has 0 aliphatic carbocycles. The fourth-order valence-corrected chi connectivity index (χ4v) is 2.49. The molecule has 0 bridgehead atoms. The molecule has 0 radical (unpaired) electrons. The summed E-state index contributed by atoms with van der Waals surface area (Å²) < 4.78 is 0. The van der Waals surface area contributed by atoms with Gasteiger partial charge in [0, 0.05) is 11.1 Å². The molecular formula is C19H20N4O. The van der Waals surface area contributed by atoms with E-state index in [2.05, 4.69) is 22.3 Å². The van der Waals surface area contributed by atoms with Crippen LogP contribution in [0.5, 0.6) is 0 Å². The Morgan fingerprint density at radius 1 is 1.04 bits per heavy atom. The molecule has 1 aromatic heterocycles. The minimum absolute atomic E-state index is 0.0223. The molecular weight excluding hydrogens is 300 g/mol. The van der Waals surface area contributed by atoms with Crippen molar-refractivity contribution in [3.63, 3.8) is 0 Å².